The molecule has 0 N–H and O–H groups in total. The first kappa shape index (κ1) is 17.9. The van der Waals surface area contributed by atoms with Crippen LogP contribution in [0.15, 0.2) is 10.4 Å². The third kappa shape index (κ3) is 3.56. The van der Waals surface area contributed by atoms with Gasteiger partial charge in [0.1, 0.15) is 0 Å². The Kier molecular flexibility index (Phi) is 4.57. The molecule has 0 atom stereocenters. The molecule has 2 aromatic heterocycles. The van der Waals surface area contributed by atoms with E-state index < -0.39 is 28.4 Å². The summed E-state index contributed by atoms with van der Waals surface area (Å²) in [6, 6.07) is 0. The van der Waals surface area contributed by atoms with Crippen molar-refractivity contribution in [2.24, 2.45) is 7.05 Å². The van der Waals surface area contributed by atoms with Crippen LogP contribution < -0.4 is 0 Å². The molecule has 2 aromatic rings. The number of aromatic nitrogens is 3. The number of nitrogens with zero attached hydrogens (tertiary/aromatic N) is 4. The van der Waals surface area contributed by atoms with Gasteiger partial charge in [-0.25, -0.2) is 13.4 Å². The lowest BCUT2D eigenvalue weighted by atomic mass is 10.2. The lowest BCUT2D eigenvalue weighted by Gasteiger charge is -2.16. The molecule has 0 radical (unpaired) electrons. The number of hydrogen-bond acceptors (Lipinski definition) is 5. The second-order valence-corrected chi connectivity index (χ2v) is 8.48. The van der Waals surface area contributed by atoms with Crippen LogP contribution in [0.1, 0.15) is 22.0 Å². The molecule has 0 fully saturated rings. The Morgan fingerprint density at radius 3 is 2.43 bits per heavy atom. The van der Waals surface area contributed by atoms with Gasteiger partial charge in [0.15, 0.2) is 9.90 Å². The maximum atomic E-state index is 12.9. The van der Waals surface area contributed by atoms with Crippen molar-refractivity contribution in [3.8, 4) is 0 Å². The van der Waals surface area contributed by atoms with Crippen LogP contribution in [0.3, 0.4) is 0 Å². The number of hydrogen-bond donors (Lipinski definition) is 0. The standard InChI is InChI=1S/C12H15F3N4O2S2/c1-7-11(22-8(2)16-7)23(20,21)19(4)6-9-5-18(3)17-10(9)12(13,14)15/h5H,6H2,1-4H3. The predicted molar refractivity (Wildman–Crippen MR) is 78.5 cm³/mol. The molecule has 0 aliphatic carbocycles. The Morgan fingerprint density at radius 1 is 1.35 bits per heavy atom. The van der Waals surface area contributed by atoms with Crippen molar-refractivity contribution >= 4 is 21.4 Å². The summed E-state index contributed by atoms with van der Waals surface area (Å²) in [6.45, 7) is 2.79. The van der Waals surface area contributed by atoms with Crippen LogP contribution in [-0.4, -0.2) is 34.5 Å². The minimum absolute atomic E-state index is 0.0370. The first-order valence-corrected chi connectivity index (χ1v) is 8.68. The van der Waals surface area contributed by atoms with Gasteiger partial charge >= 0.3 is 6.18 Å². The number of alkyl halides is 3. The van der Waals surface area contributed by atoms with Crippen molar-refractivity contribution in [1.82, 2.24) is 19.1 Å². The zero-order chi connectivity index (χ0) is 17.6. The van der Waals surface area contributed by atoms with E-state index in [1.807, 2.05) is 0 Å². The van der Waals surface area contributed by atoms with Crippen LogP contribution in [-0.2, 0) is 29.8 Å². The van der Waals surface area contributed by atoms with E-state index in [0.29, 0.717) is 10.7 Å². The number of sulfonamides is 1. The molecule has 0 saturated heterocycles. The number of halogens is 3. The largest absolute Gasteiger partial charge is 0.435 e. The normalized spacial score (nSPS) is 13.0. The second kappa shape index (κ2) is 5.87. The van der Waals surface area contributed by atoms with Gasteiger partial charge in [0.2, 0.25) is 0 Å². The summed E-state index contributed by atoms with van der Waals surface area (Å²) in [6.07, 6.45) is -3.47. The SMILES string of the molecule is Cc1nc(C)c(S(=O)(=O)N(C)Cc2cn(C)nc2C(F)(F)F)s1. The summed E-state index contributed by atoms with van der Waals surface area (Å²) in [5.41, 5.74) is -0.953. The smallest absolute Gasteiger partial charge is 0.275 e. The highest BCUT2D eigenvalue weighted by Crippen LogP contribution is 2.32. The van der Waals surface area contributed by atoms with Gasteiger partial charge in [-0.3, -0.25) is 4.68 Å². The van der Waals surface area contributed by atoms with E-state index in [2.05, 4.69) is 10.1 Å². The first-order valence-electron chi connectivity index (χ1n) is 6.43. The average Bonchev–Trinajstić information content (AvgIpc) is 2.91. The summed E-state index contributed by atoms with van der Waals surface area (Å²) >= 11 is 0.991. The van der Waals surface area contributed by atoms with E-state index in [1.165, 1.54) is 20.3 Å². The summed E-state index contributed by atoms with van der Waals surface area (Å²) in [5.74, 6) is 0. The molecule has 2 rings (SSSR count). The third-order valence-corrected chi connectivity index (χ3v) is 6.53. The monoisotopic (exact) mass is 368 g/mol. The Morgan fingerprint density at radius 2 is 1.96 bits per heavy atom. The molecule has 11 heteroatoms. The molecule has 0 aliphatic heterocycles. The maximum Gasteiger partial charge on any atom is 0.435 e. The topological polar surface area (TPSA) is 68.1 Å². The number of thiazole rings is 1. The average molecular weight is 368 g/mol. The first-order chi connectivity index (χ1) is 10.4. The molecule has 0 unspecified atom stereocenters. The zero-order valence-corrected chi connectivity index (χ0v) is 14.5. The molecule has 0 aliphatic rings. The summed E-state index contributed by atoms with van der Waals surface area (Å²) in [4.78, 5) is 4.04. The van der Waals surface area contributed by atoms with Crippen molar-refractivity contribution in [3.05, 3.63) is 28.2 Å². The quantitative estimate of drug-likeness (QED) is 0.831. The van der Waals surface area contributed by atoms with E-state index in [9.17, 15) is 21.6 Å². The van der Waals surface area contributed by atoms with Gasteiger partial charge in [0, 0.05) is 32.4 Å². The van der Waals surface area contributed by atoms with Crippen molar-refractivity contribution in [2.45, 2.75) is 30.8 Å². The molecule has 2 heterocycles. The van der Waals surface area contributed by atoms with Crippen LogP contribution in [0.2, 0.25) is 0 Å². The van der Waals surface area contributed by atoms with E-state index in [1.54, 1.807) is 13.8 Å². The van der Waals surface area contributed by atoms with Crippen molar-refractivity contribution < 1.29 is 21.6 Å². The van der Waals surface area contributed by atoms with E-state index in [0.717, 1.165) is 20.3 Å². The van der Waals surface area contributed by atoms with Gasteiger partial charge in [0.25, 0.3) is 10.0 Å². The van der Waals surface area contributed by atoms with Crippen LogP contribution in [0, 0.1) is 13.8 Å². The Bertz CT molecular complexity index is 824. The van der Waals surface area contributed by atoms with Crippen LogP contribution in [0.4, 0.5) is 13.2 Å². The highest BCUT2D eigenvalue weighted by molar-refractivity contribution is 7.91. The molecule has 0 saturated carbocycles. The fourth-order valence-corrected chi connectivity index (χ4v) is 4.93. The molecule has 6 nitrogen and oxygen atoms in total. The number of rotatable bonds is 4. The Labute approximate surface area is 135 Å². The van der Waals surface area contributed by atoms with E-state index >= 15 is 0 Å². The predicted octanol–water partition coefficient (Wildman–Crippen LogP) is 2.33. The van der Waals surface area contributed by atoms with Crippen LogP contribution in [0.25, 0.3) is 0 Å². The van der Waals surface area contributed by atoms with Gasteiger partial charge in [-0.1, -0.05) is 0 Å². The van der Waals surface area contributed by atoms with E-state index in [4.69, 9.17) is 0 Å². The molecular formula is C12H15F3N4O2S2. The summed E-state index contributed by atoms with van der Waals surface area (Å²) in [5, 5.41) is 3.95. The van der Waals surface area contributed by atoms with Crippen LogP contribution >= 0.6 is 11.3 Å². The fourth-order valence-electron chi connectivity index (χ4n) is 2.11. The lowest BCUT2D eigenvalue weighted by Crippen LogP contribution is -2.27. The minimum Gasteiger partial charge on any atom is -0.275 e. The van der Waals surface area contributed by atoms with E-state index in [-0.39, 0.29) is 9.77 Å². The highest BCUT2D eigenvalue weighted by atomic mass is 32.2. The van der Waals surface area contributed by atoms with Gasteiger partial charge < -0.3 is 0 Å². The fraction of sp³-hybridized carbons (Fsp3) is 0.500. The van der Waals surface area contributed by atoms with Gasteiger partial charge in [-0.2, -0.15) is 22.6 Å². The molecule has 128 valence electrons. The van der Waals surface area contributed by atoms with Gasteiger partial charge in [0.05, 0.1) is 10.7 Å². The molecule has 0 amide bonds. The van der Waals surface area contributed by atoms with Crippen molar-refractivity contribution in [3.63, 3.8) is 0 Å². The molecule has 0 aromatic carbocycles. The number of aryl methyl sites for hydroxylation is 3. The third-order valence-electron chi connectivity index (χ3n) is 3.07. The highest BCUT2D eigenvalue weighted by Gasteiger charge is 2.38. The second-order valence-electron chi connectivity index (χ2n) is 5.04. The molecule has 23 heavy (non-hydrogen) atoms. The van der Waals surface area contributed by atoms with Crippen LogP contribution in [0.5, 0.6) is 0 Å². The summed E-state index contributed by atoms with van der Waals surface area (Å²) in [7, 11) is -1.33. The minimum atomic E-state index is -4.64. The molecule has 0 bridgehead atoms. The van der Waals surface area contributed by atoms with Crippen molar-refractivity contribution in [2.75, 3.05) is 7.05 Å². The Hall–Kier alpha value is -1.46. The van der Waals surface area contributed by atoms with Gasteiger partial charge in [-0.05, 0) is 13.8 Å². The lowest BCUT2D eigenvalue weighted by molar-refractivity contribution is -0.142. The summed E-state index contributed by atoms with van der Waals surface area (Å²) < 4.78 is 65.8. The Balaban J connectivity index is 2.36. The van der Waals surface area contributed by atoms with Gasteiger partial charge in [-0.15, -0.1) is 11.3 Å². The van der Waals surface area contributed by atoms with Crippen molar-refractivity contribution in [1.29, 1.82) is 0 Å². The zero-order valence-electron chi connectivity index (χ0n) is 12.8. The molecular weight excluding hydrogens is 353 g/mol. The molecule has 0 spiro atoms. The maximum absolute atomic E-state index is 12.9.